The smallest absolute Gasteiger partial charge is 0.251 e. The number of hydrogen-bond donors (Lipinski definition) is 1. The lowest BCUT2D eigenvalue weighted by Crippen LogP contribution is -2.26. The third-order valence-electron chi connectivity index (χ3n) is 3.77. The van der Waals surface area contributed by atoms with Crippen LogP contribution in [0.15, 0.2) is 54.9 Å². The van der Waals surface area contributed by atoms with Crippen molar-refractivity contribution in [1.82, 2.24) is 15.3 Å². The number of carbonyl (C=O) groups excluding carboxylic acids is 1. The number of fused-ring (bicyclic) bond motifs is 1. The van der Waals surface area contributed by atoms with Crippen LogP contribution in [0.2, 0.25) is 0 Å². The first kappa shape index (κ1) is 15.9. The third-order valence-corrected chi connectivity index (χ3v) is 3.77. The summed E-state index contributed by atoms with van der Waals surface area (Å²) in [5, 5.41) is 3.00. The van der Waals surface area contributed by atoms with Gasteiger partial charge in [-0.05, 0) is 49.7 Å². The van der Waals surface area contributed by atoms with E-state index in [4.69, 9.17) is 4.74 Å². The summed E-state index contributed by atoms with van der Waals surface area (Å²) in [5.41, 5.74) is 3.07. The van der Waals surface area contributed by atoms with Crippen molar-refractivity contribution in [2.75, 3.05) is 6.61 Å². The predicted octanol–water partition coefficient (Wildman–Crippen LogP) is 3.52. The van der Waals surface area contributed by atoms with Crippen LogP contribution in [0.3, 0.4) is 0 Å². The van der Waals surface area contributed by atoms with Gasteiger partial charge in [-0.2, -0.15) is 0 Å². The minimum absolute atomic E-state index is 0.106. The monoisotopic (exact) mass is 321 g/mol. The van der Waals surface area contributed by atoms with Crippen molar-refractivity contribution in [1.29, 1.82) is 0 Å². The molecule has 0 bridgehead atoms. The summed E-state index contributed by atoms with van der Waals surface area (Å²) in [6.07, 6.45) is 3.25. The molecule has 1 heterocycles. The average molecular weight is 321 g/mol. The molecule has 2 aromatic carbocycles. The van der Waals surface area contributed by atoms with Crippen LogP contribution < -0.4 is 10.1 Å². The second-order valence-corrected chi connectivity index (χ2v) is 5.46. The predicted molar refractivity (Wildman–Crippen MR) is 93.0 cm³/mol. The van der Waals surface area contributed by atoms with Crippen LogP contribution in [0.4, 0.5) is 0 Å². The van der Waals surface area contributed by atoms with Gasteiger partial charge >= 0.3 is 0 Å². The van der Waals surface area contributed by atoms with Crippen LogP contribution >= 0.6 is 0 Å². The molecule has 5 nitrogen and oxygen atoms in total. The molecule has 122 valence electrons. The first-order valence-electron chi connectivity index (χ1n) is 7.92. The van der Waals surface area contributed by atoms with E-state index in [0.717, 1.165) is 16.8 Å². The fourth-order valence-electron chi connectivity index (χ4n) is 2.49. The molecule has 5 heteroatoms. The summed E-state index contributed by atoms with van der Waals surface area (Å²) in [6.45, 7) is 4.54. The van der Waals surface area contributed by atoms with Crippen LogP contribution in [0.1, 0.15) is 35.8 Å². The lowest BCUT2D eigenvalue weighted by Gasteiger charge is -2.15. The number of aromatic nitrogens is 2. The SMILES string of the molecule is CCOc1ccc(C(C)NC(=O)c2ccc3nccnc3c2)cc1. The molecule has 0 saturated carbocycles. The topological polar surface area (TPSA) is 64.1 Å². The zero-order valence-corrected chi connectivity index (χ0v) is 13.7. The number of rotatable bonds is 5. The molecule has 0 fully saturated rings. The van der Waals surface area contributed by atoms with Crippen molar-refractivity contribution in [2.24, 2.45) is 0 Å². The van der Waals surface area contributed by atoms with E-state index >= 15 is 0 Å². The number of ether oxygens (including phenoxy) is 1. The van der Waals surface area contributed by atoms with E-state index in [0.29, 0.717) is 17.7 Å². The molecule has 0 spiro atoms. The second-order valence-electron chi connectivity index (χ2n) is 5.46. The van der Waals surface area contributed by atoms with E-state index in [-0.39, 0.29) is 11.9 Å². The Hall–Kier alpha value is -2.95. The standard InChI is InChI=1S/C19H19N3O2/c1-3-24-16-7-4-14(5-8-16)13(2)22-19(23)15-6-9-17-18(12-15)21-11-10-20-17/h4-13H,3H2,1-2H3,(H,22,23). The third kappa shape index (κ3) is 3.51. The molecule has 1 aromatic heterocycles. The number of hydrogen-bond acceptors (Lipinski definition) is 4. The highest BCUT2D eigenvalue weighted by Gasteiger charge is 2.12. The highest BCUT2D eigenvalue weighted by molar-refractivity contribution is 5.97. The van der Waals surface area contributed by atoms with Crippen molar-refractivity contribution in [3.63, 3.8) is 0 Å². The summed E-state index contributed by atoms with van der Waals surface area (Å²) < 4.78 is 5.43. The average Bonchev–Trinajstić information content (AvgIpc) is 2.62. The molecule has 0 aliphatic rings. The first-order valence-corrected chi connectivity index (χ1v) is 7.92. The van der Waals surface area contributed by atoms with Gasteiger partial charge in [0.25, 0.3) is 5.91 Å². The Morgan fingerprint density at radius 3 is 2.50 bits per heavy atom. The molecule has 1 unspecified atom stereocenters. The van der Waals surface area contributed by atoms with Gasteiger partial charge in [-0.1, -0.05) is 12.1 Å². The maximum Gasteiger partial charge on any atom is 0.251 e. The lowest BCUT2D eigenvalue weighted by atomic mass is 10.1. The molecule has 0 aliphatic heterocycles. The Labute approximate surface area is 140 Å². The summed E-state index contributed by atoms with van der Waals surface area (Å²) >= 11 is 0. The molecule has 0 radical (unpaired) electrons. The zero-order valence-electron chi connectivity index (χ0n) is 13.7. The molecule has 24 heavy (non-hydrogen) atoms. The molecular formula is C19H19N3O2. The lowest BCUT2D eigenvalue weighted by molar-refractivity contribution is 0.0940. The Balaban J connectivity index is 1.72. The number of amides is 1. The molecule has 1 amide bonds. The number of benzene rings is 2. The van der Waals surface area contributed by atoms with Gasteiger partial charge in [0.2, 0.25) is 0 Å². The molecule has 0 aliphatic carbocycles. The van der Waals surface area contributed by atoms with Gasteiger partial charge in [0, 0.05) is 18.0 Å². The van der Waals surface area contributed by atoms with Crippen molar-refractivity contribution in [3.05, 3.63) is 66.0 Å². The van der Waals surface area contributed by atoms with Crippen LogP contribution in [-0.2, 0) is 0 Å². The fourth-order valence-corrected chi connectivity index (χ4v) is 2.49. The highest BCUT2D eigenvalue weighted by Crippen LogP contribution is 2.18. The molecular weight excluding hydrogens is 302 g/mol. The van der Waals surface area contributed by atoms with E-state index < -0.39 is 0 Å². The van der Waals surface area contributed by atoms with Crippen molar-refractivity contribution in [2.45, 2.75) is 19.9 Å². The van der Waals surface area contributed by atoms with Crippen LogP contribution in [0.25, 0.3) is 11.0 Å². The Bertz CT molecular complexity index is 847. The van der Waals surface area contributed by atoms with Gasteiger partial charge in [-0.25, -0.2) is 0 Å². The van der Waals surface area contributed by atoms with E-state index in [2.05, 4.69) is 15.3 Å². The van der Waals surface area contributed by atoms with Gasteiger partial charge in [0.15, 0.2) is 0 Å². The number of carbonyl (C=O) groups is 1. The van der Waals surface area contributed by atoms with E-state index in [1.807, 2.05) is 38.1 Å². The zero-order chi connectivity index (χ0) is 16.9. The number of nitrogens with one attached hydrogen (secondary N) is 1. The normalized spacial score (nSPS) is 11.9. The van der Waals surface area contributed by atoms with E-state index in [9.17, 15) is 4.79 Å². The summed E-state index contributed by atoms with van der Waals surface area (Å²) in [4.78, 5) is 20.9. The summed E-state index contributed by atoms with van der Waals surface area (Å²) in [5.74, 6) is 0.691. The molecule has 1 atom stereocenters. The Morgan fingerprint density at radius 2 is 1.79 bits per heavy atom. The van der Waals surface area contributed by atoms with Crippen LogP contribution in [0.5, 0.6) is 5.75 Å². The van der Waals surface area contributed by atoms with Gasteiger partial charge in [-0.15, -0.1) is 0 Å². The van der Waals surface area contributed by atoms with Gasteiger partial charge in [0.1, 0.15) is 5.75 Å². The largest absolute Gasteiger partial charge is 0.494 e. The minimum Gasteiger partial charge on any atom is -0.494 e. The van der Waals surface area contributed by atoms with E-state index in [1.54, 1.807) is 30.6 Å². The van der Waals surface area contributed by atoms with Crippen molar-refractivity contribution in [3.8, 4) is 5.75 Å². The second kappa shape index (κ2) is 7.08. The summed E-state index contributed by atoms with van der Waals surface area (Å²) in [6, 6.07) is 13.0. The minimum atomic E-state index is -0.135. The molecule has 3 rings (SSSR count). The van der Waals surface area contributed by atoms with Gasteiger partial charge in [-0.3, -0.25) is 14.8 Å². The summed E-state index contributed by atoms with van der Waals surface area (Å²) in [7, 11) is 0. The molecule has 1 N–H and O–H groups in total. The van der Waals surface area contributed by atoms with Crippen molar-refractivity contribution >= 4 is 16.9 Å². The van der Waals surface area contributed by atoms with Gasteiger partial charge in [0.05, 0.1) is 23.7 Å². The fraction of sp³-hybridized carbons (Fsp3) is 0.211. The first-order chi connectivity index (χ1) is 11.7. The maximum atomic E-state index is 12.5. The Kier molecular flexibility index (Phi) is 4.70. The number of nitrogens with zero attached hydrogens (tertiary/aromatic N) is 2. The van der Waals surface area contributed by atoms with Crippen LogP contribution in [0, 0.1) is 0 Å². The Morgan fingerprint density at radius 1 is 1.08 bits per heavy atom. The molecule has 0 saturated heterocycles. The highest BCUT2D eigenvalue weighted by atomic mass is 16.5. The van der Waals surface area contributed by atoms with Crippen molar-refractivity contribution < 1.29 is 9.53 Å². The van der Waals surface area contributed by atoms with E-state index in [1.165, 1.54) is 0 Å². The molecule has 3 aromatic rings. The van der Waals surface area contributed by atoms with Crippen LogP contribution in [-0.4, -0.2) is 22.5 Å². The maximum absolute atomic E-state index is 12.5. The quantitative estimate of drug-likeness (QED) is 0.781. The van der Waals surface area contributed by atoms with Gasteiger partial charge < -0.3 is 10.1 Å².